The first-order chi connectivity index (χ1) is 8.93. The van der Waals surface area contributed by atoms with Crippen LogP contribution >= 0.6 is 0 Å². The Morgan fingerprint density at radius 3 is 2.05 bits per heavy atom. The monoisotopic (exact) mass is 278 g/mol. The van der Waals surface area contributed by atoms with Gasteiger partial charge < -0.3 is 9.84 Å². The van der Waals surface area contributed by atoms with Crippen molar-refractivity contribution < 1.29 is 14.6 Å². The second-order valence-electron chi connectivity index (χ2n) is 7.31. The SMILES string of the molecule is CC(Oc1ccc(C(C)(C)C)cc1C(C)(C)C)C(=O)O. The molecule has 3 nitrogen and oxygen atoms in total. The van der Waals surface area contributed by atoms with Crippen molar-refractivity contribution in [3.8, 4) is 5.75 Å². The van der Waals surface area contributed by atoms with Crippen LogP contribution in [0, 0.1) is 0 Å². The lowest BCUT2D eigenvalue weighted by Crippen LogP contribution is -2.25. The van der Waals surface area contributed by atoms with Crippen LogP contribution in [0.4, 0.5) is 0 Å². The molecule has 0 saturated heterocycles. The van der Waals surface area contributed by atoms with Gasteiger partial charge in [-0.1, -0.05) is 53.7 Å². The van der Waals surface area contributed by atoms with Crippen molar-refractivity contribution in [3.05, 3.63) is 29.3 Å². The first-order valence-corrected chi connectivity index (χ1v) is 6.97. The van der Waals surface area contributed by atoms with Gasteiger partial charge in [0, 0.05) is 0 Å². The first kappa shape index (κ1) is 16.5. The van der Waals surface area contributed by atoms with Gasteiger partial charge in [-0.05, 0) is 34.9 Å². The number of benzene rings is 1. The summed E-state index contributed by atoms with van der Waals surface area (Å²) in [5.74, 6) is -0.301. The molecule has 1 atom stereocenters. The minimum atomic E-state index is -0.954. The van der Waals surface area contributed by atoms with E-state index >= 15 is 0 Å². The Hall–Kier alpha value is -1.51. The van der Waals surface area contributed by atoms with Crippen LogP contribution < -0.4 is 4.74 Å². The normalized spacial score (nSPS) is 13.9. The highest BCUT2D eigenvalue weighted by Gasteiger charge is 2.24. The zero-order valence-electron chi connectivity index (χ0n) is 13.6. The average Bonchev–Trinajstić information content (AvgIpc) is 2.26. The highest BCUT2D eigenvalue weighted by molar-refractivity contribution is 5.72. The maximum atomic E-state index is 11.0. The van der Waals surface area contributed by atoms with Gasteiger partial charge in [0.1, 0.15) is 5.75 Å². The third-order valence-corrected chi connectivity index (χ3v) is 3.31. The molecule has 0 fully saturated rings. The summed E-state index contributed by atoms with van der Waals surface area (Å²) in [6, 6.07) is 6.03. The molecule has 0 spiro atoms. The molecule has 20 heavy (non-hydrogen) atoms. The van der Waals surface area contributed by atoms with Crippen LogP contribution in [0.5, 0.6) is 5.75 Å². The van der Waals surface area contributed by atoms with Crippen molar-refractivity contribution in [3.63, 3.8) is 0 Å². The Morgan fingerprint density at radius 1 is 1.10 bits per heavy atom. The van der Waals surface area contributed by atoms with E-state index in [0.29, 0.717) is 5.75 Å². The minimum absolute atomic E-state index is 0.0525. The zero-order chi connectivity index (χ0) is 15.7. The van der Waals surface area contributed by atoms with Crippen LogP contribution in [0.2, 0.25) is 0 Å². The first-order valence-electron chi connectivity index (χ1n) is 6.97. The maximum absolute atomic E-state index is 11.0. The van der Waals surface area contributed by atoms with Crippen molar-refractivity contribution >= 4 is 5.97 Å². The lowest BCUT2D eigenvalue weighted by molar-refractivity contribution is -0.144. The van der Waals surface area contributed by atoms with Gasteiger partial charge in [-0.25, -0.2) is 4.79 Å². The van der Waals surface area contributed by atoms with Gasteiger partial charge in [0.15, 0.2) is 6.10 Å². The second kappa shape index (κ2) is 5.47. The molecule has 0 aromatic heterocycles. The van der Waals surface area contributed by atoms with Crippen LogP contribution in [0.3, 0.4) is 0 Å². The molecule has 1 aromatic rings. The number of hydrogen-bond donors (Lipinski definition) is 1. The highest BCUT2D eigenvalue weighted by atomic mass is 16.5. The van der Waals surface area contributed by atoms with Gasteiger partial charge >= 0.3 is 5.97 Å². The molecule has 1 N–H and O–H groups in total. The van der Waals surface area contributed by atoms with Gasteiger partial charge in [0.2, 0.25) is 0 Å². The molecule has 0 aliphatic carbocycles. The van der Waals surface area contributed by atoms with Gasteiger partial charge in [0.25, 0.3) is 0 Å². The molecular weight excluding hydrogens is 252 g/mol. The van der Waals surface area contributed by atoms with E-state index in [2.05, 4.69) is 47.6 Å². The summed E-state index contributed by atoms with van der Waals surface area (Å²) in [7, 11) is 0. The topological polar surface area (TPSA) is 46.5 Å². The molecule has 0 amide bonds. The van der Waals surface area contributed by atoms with E-state index in [-0.39, 0.29) is 10.8 Å². The number of rotatable bonds is 3. The van der Waals surface area contributed by atoms with E-state index < -0.39 is 12.1 Å². The Labute approximate surface area is 122 Å². The number of ether oxygens (including phenoxy) is 1. The molecule has 1 rings (SSSR count). The fraction of sp³-hybridized carbons (Fsp3) is 0.588. The molecule has 0 bridgehead atoms. The molecule has 1 unspecified atom stereocenters. The van der Waals surface area contributed by atoms with Crippen molar-refractivity contribution in [1.29, 1.82) is 0 Å². The van der Waals surface area contributed by atoms with E-state index in [1.807, 2.05) is 12.1 Å². The quantitative estimate of drug-likeness (QED) is 0.904. The molecule has 112 valence electrons. The van der Waals surface area contributed by atoms with Crippen LogP contribution in [-0.4, -0.2) is 17.2 Å². The number of carboxylic acids is 1. The fourth-order valence-corrected chi connectivity index (χ4v) is 1.93. The summed E-state index contributed by atoms with van der Waals surface area (Å²) in [6.45, 7) is 14.3. The summed E-state index contributed by atoms with van der Waals surface area (Å²) in [4.78, 5) is 11.0. The summed E-state index contributed by atoms with van der Waals surface area (Å²) in [5.41, 5.74) is 2.21. The van der Waals surface area contributed by atoms with Crippen molar-refractivity contribution in [1.82, 2.24) is 0 Å². The smallest absolute Gasteiger partial charge is 0.344 e. The van der Waals surface area contributed by atoms with Gasteiger partial charge in [-0.15, -0.1) is 0 Å². The summed E-state index contributed by atoms with van der Waals surface area (Å²) >= 11 is 0. The third kappa shape index (κ3) is 3.99. The van der Waals surface area contributed by atoms with Gasteiger partial charge in [-0.2, -0.15) is 0 Å². The molecule has 0 aliphatic rings. The molecule has 0 heterocycles. The summed E-state index contributed by atoms with van der Waals surface area (Å²) in [5, 5.41) is 9.00. The third-order valence-electron chi connectivity index (χ3n) is 3.31. The fourth-order valence-electron chi connectivity index (χ4n) is 1.93. The Morgan fingerprint density at radius 2 is 1.65 bits per heavy atom. The number of carboxylic acid groups (broad SMARTS) is 1. The predicted octanol–water partition coefficient (Wildman–Crippen LogP) is 4.13. The van der Waals surface area contributed by atoms with E-state index in [9.17, 15) is 4.79 Å². The second-order valence-corrected chi connectivity index (χ2v) is 7.31. The minimum Gasteiger partial charge on any atom is -0.479 e. The molecule has 1 aromatic carbocycles. The Kier molecular flexibility index (Phi) is 4.52. The zero-order valence-corrected chi connectivity index (χ0v) is 13.6. The lowest BCUT2D eigenvalue weighted by atomic mass is 9.80. The molecule has 0 radical (unpaired) electrons. The predicted molar refractivity (Wildman–Crippen MR) is 81.6 cm³/mol. The van der Waals surface area contributed by atoms with Crippen LogP contribution in [-0.2, 0) is 15.6 Å². The van der Waals surface area contributed by atoms with Crippen molar-refractivity contribution in [2.24, 2.45) is 0 Å². The Balaban J connectivity index is 3.28. The van der Waals surface area contributed by atoms with E-state index in [1.54, 1.807) is 6.92 Å². The highest BCUT2D eigenvalue weighted by Crippen LogP contribution is 2.35. The number of hydrogen-bond acceptors (Lipinski definition) is 2. The largest absolute Gasteiger partial charge is 0.479 e. The van der Waals surface area contributed by atoms with Crippen LogP contribution in [0.15, 0.2) is 18.2 Å². The molecule has 3 heteroatoms. The van der Waals surface area contributed by atoms with E-state index in [1.165, 1.54) is 5.56 Å². The van der Waals surface area contributed by atoms with Crippen molar-refractivity contribution in [2.75, 3.05) is 0 Å². The van der Waals surface area contributed by atoms with Crippen LogP contribution in [0.1, 0.15) is 59.6 Å². The maximum Gasteiger partial charge on any atom is 0.344 e. The van der Waals surface area contributed by atoms with Gasteiger partial charge in [0.05, 0.1) is 0 Å². The van der Waals surface area contributed by atoms with E-state index in [0.717, 1.165) is 5.56 Å². The summed E-state index contributed by atoms with van der Waals surface area (Å²) in [6.07, 6.45) is -0.850. The molecule has 0 aliphatic heterocycles. The number of aliphatic carboxylic acids is 1. The Bertz CT molecular complexity index is 490. The average molecular weight is 278 g/mol. The molecule has 0 saturated carbocycles. The summed E-state index contributed by atoms with van der Waals surface area (Å²) < 4.78 is 5.60. The van der Waals surface area contributed by atoms with E-state index in [4.69, 9.17) is 9.84 Å². The van der Waals surface area contributed by atoms with Crippen LogP contribution in [0.25, 0.3) is 0 Å². The standard InChI is InChI=1S/C17H26O3/c1-11(15(18)19)20-14-9-8-12(16(2,3)4)10-13(14)17(5,6)7/h8-11H,1-7H3,(H,18,19). The molecular formula is C17H26O3. The van der Waals surface area contributed by atoms with Gasteiger partial charge in [-0.3, -0.25) is 0 Å². The number of carbonyl (C=O) groups is 1. The van der Waals surface area contributed by atoms with Crippen molar-refractivity contribution in [2.45, 2.75) is 65.4 Å². The lowest BCUT2D eigenvalue weighted by Gasteiger charge is -2.27.